The highest BCUT2D eigenvalue weighted by atomic mass is 35.5. The SMILES string of the molecule is CC(CCCCl)NCc1cc(F)ccc1F. The quantitative estimate of drug-likeness (QED) is 0.759. The molecule has 0 bridgehead atoms. The second kappa shape index (κ2) is 6.81. The lowest BCUT2D eigenvalue weighted by atomic mass is 10.1. The minimum Gasteiger partial charge on any atom is -0.310 e. The number of nitrogens with one attached hydrogen (secondary N) is 1. The van der Waals surface area contributed by atoms with Crippen LogP contribution in [0.5, 0.6) is 0 Å². The van der Waals surface area contributed by atoms with Gasteiger partial charge >= 0.3 is 0 Å². The molecule has 0 radical (unpaired) electrons. The van der Waals surface area contributed by atoms with Gasteiger partial charge in [0.1, 0.15) is 11.6 Å². The van der Waals surface area contributed by atoms with Gasteiger partial charge < -0.3 is 5.32 Å². The van der Waals surface area contributed by atoms with Crippen molar-refractivity contribution in [2.24, 2.45) is 0 Å². The van der Waals surface area contributed by atoms with Gasteiger partial charge in [0.25, 0.3) is 0 Å². The molecule has 0 aliphatic carbocycles. The second-order valence-electron chi connectivity index (χ2n) is 3.85. The predicted octanol–water partition coefficient (Wildman–Crippen LogP) is 3.46. The molecule has 0 spiro atoms. The highest BCUT2D eigenvalue weighted by molar-refractivity contribution is 6.17. The van der Waals surface area contributed by atoms with Crippen molar-refractivity contribution in [1.29, 1.82) is 0 Å². The van der Waals surface area contributed by atoms with Crippen LogP contribution in [0.4, 0.5) is 8.78 Å². The lowest BCUT2D eigenvalue weighted by Gasteiger charge is -2.13. The van der Waals surface area contributed by atoms with E-state index < -0.39 is 5.82 Å². The average molecular weight is 248 g/mol. The number of rotatable bonds is 6. The first-order valence-electron chi connectivity index (χ1n) is 5.36. The molecule has 1 rings (SSSR count). The molecular formula is C12H16ClF2N. The number of halogens is 3. The Kier molecular flexibility index (Phi) is 5.71. The molecule has 1 N–H and O–H groups in total. The average Bonchev–Trinajstić information content (AvgIpc) is 2.27. The van der Waals surface area contributed by atoms with Gasteiger partial charge in [0.05, 0.1) is 0 Å². The lowest BCUT2D eigenvalue weighted by molar-refractivity contribution is 0.494. The molecule has 1 aromatic rings. The van der Waals surface area contributed by atoms with Crippen LogP contribution in [0.15, 0.2) is 18.2 Å². The van der Waals surface area contributed by atoms with Crippen LogP contribution in [0.2, 0.25) is 0 Å². The van der Waals surface area contributed by atoms with Gasteiger partial charge in [-0.1, -0.05) is 0 Å². The van der Waals surface area contributed by atoms with Crippen molar-refractivity contribution in [3.8, 4) is 0 Å². The Morgan fingerprint density at radius 3 is 2.81 bits per heavy atom. The van der Waals surface area contributed by atoms with Crippen LogP contribution in [0.25, 0.3) is 0 Å². The molecule has 1 unspecified atom stereocenters. The predicted molar refractivity (Wildman–Crippen MR) is 62.6 cm³/mol. The minimum absolute atomic E-state index is 0.251. The molecule has 0 heterocycles. The van der Waals surface area contributed by atoms with Gasteiger partial charge in [-0.3, -0.25) is 0 Å². The Morgan fingerprint density at radius 2 is 2.12 bits per heavy atom. The standard InChI is InChI=1S/C12H16ClF2N/c1-9(3-2-6-13)16-8-10-7-11(14)4-5-12(10)15/h4-5,7,9,16H,2-3,6,8H2,1H3. The first-order valence-corrected chi connectivity index (χ1v) is 5.90. The fraction of sp³-hybridized carbons (Fsp3) is 0.500. The lowest BCUT2D eigenvalue weighted by Crippen LogP contribution is -2.26. The summed E-state index contributed by atoms with van der Waals surface area (Å²) < 4.78 is 26.1. The Labute approximate surface area is 99.8 Å². The molecule has 0 fully saturated rings. The summed E-state index contributed by atoms with van der Waals surface area (Å²) >= 11 is 5.57. The summed E-state index contributed by atoms with van der Waals surface area (Å²) in [6.07, 6.45) is 1.85. The Morgan fingerprint density at radius 1 is 1.38 bits per heavy atom. The van der Waals surface area contributed by atoms with E-state index in [-0.39, 0.29) is 11.9 Å². The highest BCUT2D eigenvalue weighted by Crippen LogP contribution is 2.10. The van der Waals surface area contributed by atoms with Crippen LogP contribution in [-0.2, 0) is 6.54 Å². The largest absolute Gasteiger partial charge is 0.310 e. The fourth-order valence-corrected chi connectivity index (χ4v) is 1.60. The first kappa shape index (κ1) is 13.4. The summed E-state index contributed by atoms with van der Waals surface area (Å²) in [5.74, 6) is -0.162. The van der Waals surface area contributed by atoms with Gasteiger partial charge in [-0.2, -0.15) is 0 Å². The van der Waals surface area contributed by atoms with Crippen molar-refractivity contribution in [1.82, 2.24) is 5.32 Å². The maximum absolute atomic E-state index is 13.2. The maximum Gasteiger partial charge on any atom is 0.127 e. The molecule has 1 atom stereocenters. The summed E-state index contributed by atoms with van der Waals surface area (Å²) in [6.45, 7) is 2.34. The molecule has 0 aliphatic rings. The molecular weight excluding hydrogens is 232 g/mol. The van der Waals surface area contributed by atoms with Crippen molar-refractivity contribution in [2.45, 2.75) is 32.4 Å². The Hall–Kier alpha value is -0.670. The van der Waals surface area contributed by atoms with E-state index in [1.165, 1.54) is 6.07 Å². The molecule has 4 heteroatoms. The van der Waals surface area contributed by atoms with Crippen LogP contribution >= 0.6 is 11.6 Å². The van der Waals surface area contributed by atoms with Gasteiger partial charge in [0, 0.05) is 24.0 Å². The maximum atomic E-state index is 13.2. The van der Waals surface area contributed by atoms with Crippen LogP contribution in [0.1, 0.15) is 25.3 Å². The number of hydrogen-bond acceptors (Lipinski definition) is 1. The van der Waals surface area contributed by atoms with Gasteiger partial charge in [-0.15, -0.1) is 11.6 Å². The van der Waals surface area contributed by atoms with Gasteiger partial charge in [-0.05, 0) is 38.0 Å². The molecule has 1 aromatic carbocycles. The molecule has 16 heavy (non-hydrogen) atoms. The fourth-order valence-electron chi connectivity index (χ4n) is 1.45. The number of alkyl halides is 1. The monoisotopic (exact) mass is 247 g/mol. The zero-order chi connectivity index (χ0) is 12.0. The van der Waals surface area contributed by atoms with E-state index in [0.717, 1.165) is 25.0 Å². The van der Waals surface area contributed by atoms with E-state index in [4.69, 9.17) is 11.6 Å². The van der Waals surface area contributed by atoms with Crippen molar-refractivity contribution in [2.75, 3.05) is 5.88 Å². The van der Waals surface area contributed by atoms with Gasteiger partial charge in [0.2, 0.25) is 0 Å². The van der Waals surface area contributed by atoms with Gasteiger partial charge in [0.15, 0.2) is 0 Å². The summed E-state index contributed by atoms with van der Waals surface area (Å²) in [5.41, 5.74) is 0.359. The number of hydrogen-bond donors (Lipinski definition) is 1. The van der Waals surface area contributed by atoms with Crippen LogP contribution in [0, 0.1) is 11.6 Å². The van der Waals surface area contributed by atoms with Crippen molar-refractivity contribution >= 4 is 11.6 Å². The first-order chi connectivity index (χ1) is 7.63. The normalized spacial score (nSPS) is 12.8. The highest BCUT2D eigenvalue weighted by Gasteiger charge is 2.06. The topological polar surface area (TPSA) is 12.0 Å². The summed E-state index contributed by atoms with van der Waals surface area (Å²) in [5, 5.41) is 3.14. The van der Waals surface area contributed by atoms with Crippen LogP contribution in [-0.4, -0.2) is 11.9 Å². The molecule has 0 amide bonds. The smallest absolute Gasteiger partial charge is 0.127 e. The van der Waals surface area contributed by atoms with E-state index in [1.54, 1.807) is 0 Å². The van der Waals surface area contributed by atoms with Crippen LogP contribution < -0.4 is 5.32 Å². The summed E-state index contributed by atoms with van der Waals surface area (Å²) in [7, 11) is 0. The zero-order valence-electron chi connectivity index (χ0n) is 9.27. The third-order valence-corrected chi connectivity index (χ3v) is 2.69. The summed E-state index contributed by atoms with van der Waals surface area (Å²) in [4.78, 5) is 0. The molecule has 0 aliphatic heterocycles. The van der Waals surface area contributed by atoms with Crippen LogP contribution in [0.3, 0.4) is 0 Å². The summed E-state index contributed by atoms with van der Waals surface area (Å²) in [6, 6.07) is 3.74. The minimum atomic E-state index is -0.411. The molecule has 0 saturated heterocycles. The van der Waals surface area contributed by atoms with Crippen molar-refractivity contribution in [3.63, 3.8) is 0 Å². The third-order valence-electron chi connectivity index (χ3n) is 2.42. The molecule has 90 valence electrons. The second-order valence-corrected chi connectivity index (χ2v) is 4.23. The zero-order valence-corrected chi connectivity index (χ0v) is 10.0. The van der Waals surface area contributed by atoms with E-state index in [9.17, 15) is 8.78 Å². The Balaban J connectivity index is 2.44. The molecule has 0 aromatic heterocycles. The number of benzene rings is 1. The third kappa shape index (κ3) is 4.45. The van der Waals surface area contributed by atoms with E-state index >= 15 is 0 Å². The van der Waals surface area contributed by atoms with Crippen molar-refractivity contribution < 1.29 is 8.78 Å². The van der Waals surface area contributed by atoms with E-state index in [2.05, 4.69) is 5.32 Å². The van der Waals surface area contributed by atoms with Gasteiger partial charge in [-0.25, -0.2) is 8.78 Å². The molecule has 0 saturated carbocycles. The Bertz CT molecular complexity index is 331. The van der Waals surface area contributed by atoms with E-state index in [0.29, 0.717) is 18.0 Å². The molecule has 1 nitrogen and oxygen atoms in total. The van der Waals surface area contributed by atoms with E-state index in [1.807, 2.05) is 6.92 Å². The van der Waals surface area contributed by atoms with Crippen molar-refractivity contribution in [3.05, 3.63) is 35.4 Å².